The van der Waals surface area contributed by atoms with Crippen molar-refractivity contribution in [3.8, 4) is 0 Å². The molecule has 0 amide bonds. The van der Waals surface area contributed by atoms with Crippen molar-refractivity contribution >= 4 is 10.8 Å². The molecule has 0 radical (unpaired) electrons. The maximum Gasteiger partial charge on any atom is 0.122 e. The Labute approximate surface area is 76.1 Å². The fourth-order valence-corrected chi connectivity index (χ4v) is 1.51. The summed E-state index contributed by atoms with van der Waals surface area (Å²) in [6.45, 7) is 3.14. The smallest absolute Gasteiger partial charge is 0.122 e. The van der Waals surface area contributed by atoms with Gasteiger partial charge in [-0.15, -0.1) is 0 Å². The van der Waals surface area contributed by atoms with Crippen molar-refractivity contribution in [2.24, 2.45) is 11.7 Å². The van der Waals surface area contributed by atoms with E-state index in [9.17, 15) is 4.21 Å². The van der Waals surface area contributed by atoms with E-state index in [2.05, 4.69) is 0 Å². The lowest BCUT2D eigenvalue weighted by atomic mass is 10.5. The van der Waals surface area contributed by atoms with Crippen molar-refractivity contribution in [2.45, 2.75) is 25.0 Å². The molecule has 12 heavy (non-hydrogen) atoms. The molecule has 0 bridgehead atoms. The second kappa shape index (κ2) is 4.94. The van der Waals surface area contributed by atoms with Gasteiger partial charge in [0.2, 0.25) is 0 Å². The molecule has 1 aliphatic carbocycles. The van der Waals surface area contributed by atoms with Gasteiger partial charge in [0, 0.05) is 11.8 Å². The Morgan fingerprint density at radius 1 is 1.67 bits per heavy atom. The van der Waals surface area contributed by atoms with Crippen molar-refractivity contribution in [1.29, 1.82) is 0 Å². The minimum absolute atomic E-state index is 0.0594. The zero-order chi connectivity index (χ0) is 8.97. The number of nitrogens with two attached hydrogens (primary N) is 1. The molecule has 1 aliphatic rings. The van der Waals surface area contributed by atoms with E-state index in [1.165, 1.54) is 12.8 Å². The SMILES string of the molecule is CC(CN)S(=O)COCC1CC1. The van der Waals surface area contributed by atoms with Crippen LogP contribution in [0, 0.1) is 5.92 Å². The molecule has 1 fully saturated rings. The summed E-state index contributed by atoms with van der Waals surface area (Å²) in [6, 6.07) is 0. The van der Waals surface area contributed by atoms with E-state index in [0.29, 0.717) is 12.5 Å². The van der Waals surface area contributed by atoms with Crippen molar-refractivity contribution in [2.75, 3.05) is 19.1 Å². The first-order valence-corrected chi connectivity index (χ1v) is 5.77. The first-order chi connectivity index (χ1) is 5.74. The maximum atomic E-state index is 11.3. The summed E-state index contributed by atoms with van der Waals surface area (Å²) in [5.41, 5.74) is 5.37. The molecule has 0 spiro atoms. The molecular formula is C8H17NO2S. The van der Waals surface area contributed by atoms with Crippen LogP contribution < -0.4 is 5.73 Å². The molecule has 0 aliphatic heterocycles. The standard InChI is InChI=1S/C8H17NO2S/c1-7(4-9)12(10)6-11-5-8-2-3-8/h7-8H,2-6,9H2,1H3. The highest BCUT2D eigenvalue weighted by atomic mass is 32.2. The van der Waals surface area contributed by atoms with E-state index < -0.39 is 10.8 Å². The zero-order valence-electron chi connectivity index (χ0n) is 7.49. The molecule has 0 aromatic carbocycles. The van der Waals surface area contributed by atoms with Gasteiger partial charge >= 0.3 is 0 Å². The van der Waals surface area contributed by atoms with Crippen molar-refractivity contribution in [3.63, 3.8) is 0 Å². The monoisotopic (exact) mass is 191 g/mol. The Balaban J connectivity index is 2.00. The first kappa shape index (κ1) is 10.2. The Kier molecular flexibility index (Phi) is 4.18. The van der Waals surface area contributed by atoms with E-state index in [1.807, 2.05) is 6.92 Å². The van der Waals surface area contributed by atoms with Gasteiger partial charge in [0.15, 0.2) is 0 Å². The predicted octanol–water partition coefficient (Wildman–Crippen LogP) is 0.466. The number of hydrogen-bond acceptors (Lipinski definition) is 3. The van der Waals surface area contributed by atoms with Crippen LogP contribution in [0.15, 0.2) is 0 Å². The van der Waals surface area contributed by atoms with Crippen LogP contribution in [-0.4, -0.2) is 28.5 Å². The number of ether oxygens (including phenoxy) is 1. The summed E-state index contributed by atoms with van der Waals surface area (Å²) >= 11 is 0. The first-order valence-electron chi connectivity index (χ1n) is 4.39. The minimum atomic E-state index is -0.901. The third kappa shape index (κ3) is 3.65. The molecule has 72 valence electrons. The van der Waals surface area contributed by atoms with E-state index in [0.717, 1.165) is 12.5 Å². The van der Waals surface area contributed by atoms with E-state index >= 15 is 0 Å². The number of hydrogen-bond donors (Lipinski definition) is 1. The molecule has 0 aromatic heterocycles. The third-order valence-electron chi connectivity index (χ3n) is 2.03. The van der Waals surface area contributed by atoms with Crippen LogP contribution in [0.25, 0.3) is 0 Å². The molecule has 0 heterocycles. The van der Waals surface area contributed by atoms with Gasteiger partial charge in [-0.2, -0.15) is 0 Å². The Morgan fingerprint density at radius 3 is 2.83 bits per heavy atom. The van der Waals surface area contributed by atoms with E-state index in [1.54, 1.807) is 0 Å². The van der Waals surface area contributed by atoms with Gasteiger partial charge in [-0.05, 0) is 25.7 Å². The highest BCUT2D eigenvalue weighted by Crippen LogP contribution is 2.28. The van der Waals surface area contributed by atoms with Gasteiger partial charge < -0.3 is 10.5 Å². The van der Waals surface area contributed by atoms with Crippen LogP contribution in [0.3, 0.4) is 0 Å². The Bertz CT molecular complexity index is 159. The molecule has 1 rings (SSSR count). The van der Waals surface area contributed by atoms with Gasteiger partial charge in [-0.1, -0.05) is 0 Å². The van der Waals surface area contributed by atoms with E-state index in [4.69, 9.17) is 10.5 Å². The lowest BCUT2D eigenvalue weighted by Crippen LogP contribution is -2.24. The van der Waals surface area contributed by atoms with Crippen LogP contribution in [0.5, 0.6) is 0 Å². The Morgan fingerprint density at radius 2 is 2.33 bits per heavy atom. The zero-order valence-corrected chi connectivity index (χ0v) is 8.31. The van der Waals surface area contributed by atoms with Gasteiger partial charge in [-0.3, -0.25) is 4.21 Å². The maximum absolute atomic E-state index is 11.3. The largest absolute Gasteiger partial charge is 0.368 e. The second-order valence-electron chi connectivity index (χ2n) is 3.36. The number of rotatable bonds is 6. The second-order valence-corrected chi connectivity index (χ2v) is 5.16. The van der Waals surface area contributed by atoms with Crippen LogP contribution >= 0.6 is 0 Å². The molecular weight excluding hydrogens is 174 g/mol. The predicted molar refractivity (Wildman–Crippen MR) is 50.2 cm³/mol. The molecule has 2 atom stereocenters. The minimum Gasteiger partial charge on any atom is -0.368 e. The van der Waals surface area contributed by atoms with Gasteiger partial charge in [0.1, 0.15) is 5.94 Å². The third-order valence-corrected chi connectivity index (χ3v) is 3.52. The van der Waals surface area contributed by atoms with Crippen molar-refractivity contribution < 1.29 is 8.95 Å². The average Bonchev–Trinajstić information content (AvgIpc) is 2.86. The molecule has 1 saturated carbocycles. The fourth-order valence-electron chi connectivity index (χ4n) is 0.805. The summed E-state index contributed by atoms with van der Waals surface area (Å²) in [5, 5.41) is 0.0594. The fraction of sp³-hybridized carbons (Fsp3) is 1.00. The normalized spacial score (nSPS) is 22.2. The van der Waals surface area contributed by atoms with Gasteiger partial charge in [0.05, 0.1) is 17.4 Å². The molecule has 4 heteroatoms. The Hall–Kier alpha value is 0.0700. The van der Waals surface area contributed by atoms with E-state index in [-0.39, 0.29) is 5.25 Å². The lowest BCUT2D eigenvalue weighted by molar-refractivity contribution is 0.168. The van der Waals surface area contributed by atoms with Crippen molar-refractivity contribution in [3.05, 3.63) is 0 Å². The van der Waals surface area contributed by atoms with Gasteiger partial charge in [0.25, 0.3) is 0 Å². The summed E-state index contributed by atoms with van der Waals surface area (Å²) in [5.74, 6) is 1.10. The summed E-state index contributed by atoms with van der Waals surface area (Å²) in [6.07, 6.45) is 2.55. The highest BCUT2D eigenvalue weighted by molar-refractivity contribution is 7.85. The lowest BCUT2D eigenvalue weighted by Gasteiger charge is -2.08. The topological polar surface area (TPSA) is 52.3 Å². The highest BCUT2D eigenvalue weighted by Gasteiger charge is 2.21. The molecule has 2 N–H and O–H groups in total. The quantitative estimate of drug-likeness (QED) is 0.664. The van der Waals surface area contributed by atoms with Crippen LogP contribution in [0.4, 0.5) is 0 Å². The summed E-state index contributed by atoms with van der Waals surface area (Å²) < 4.78 is 16.6. The van der Waals surface area contributed by atoms with Crippen molar-refractivity contribution in [1.82, 2.24) is 0 Å². The molecule has 0 aromatic rings. The van der Waals surface area contributed by atoms with Crippen LogP contribution in [0.2, 0.25) is 0 Å². The summed E-state index contributed by atoms with van der Waals surface area (Å²) in [4.78, 5) is 0. The van der Waals surface area contributed by atoms with Gasteiger partial charge in [-0.25, -0.2) is 0 Å². The summed E-state index contributed by atoms with van der Waals surface area (Å²) in [7, 11) is -0.901. The van der Waals surface area contributed by atoms with Crippen LogP contribution in [0.1, 0.15) is 19.8 Å². The molecule has 3 nitrogen and oxygen atoms in total. The molecule has 2 unspecified atom stereocenters. The molecule has 0 saturated heterocycles. The van der Waals surface area contributed by atoms with Crippen LogP contribution in [-0.2, 0) is 15.5 Å². The average molecular weight is 191 g/mol.